The van der Waals surface area contributed by atoms with Crippen molar-refractivity contribution in [2.75, 3.05) is 26.3 Å². The van der Waals surface area contributed by atoms with Crippen LogP contribution >= 0.6 is 23.2 Å². The van der Waals surface area contributed by atoms with Gasteiger partial charge < -0.3 is 14.9 Å². The van der Waals surface area contributed by atoms with Crippen molar-refractivity contribution in [1.29, 1.82) is 0 Å². The third-order valence-electron chi connectivity index (χ3n) is 7.41. The van der Waals surface area contributed by atoms with E-state index in [-0.39, 0.29) is 12.8 Å². The van der Waals surface area contributed by atoms with Gasteiger partial charge in [0.15, 0.2) is 6.29 Å². The van der Waals surface area contributed by atoms with E-state index in [9.17, 15) is 14.6 Å². The van der Waals surface area contributed by atoms with E-state index < -0.39 is 6.29 Å². The highest BCUT2D eigenvalue weighted by molar-refractivity contribution is 6.36. The molecular formula is C31H32Cl2FNO3. The lowest BCUT2D eigenvalue weighted by atomic mass is 9.87. The Morgan fingerprint density at radius 1 is 0.974 bits per heavy atom. The minimum atomic E-state index is -1.51. The summed E-state index contributed by atoms with van der Waals surface area (Å²) < 4.78 is 18.8. The van der Waals surface area contributed by atoms with Gasteiger partial charge in [-0.3, -0.25) is 9.29 Å². The summed E-state index contributed by atoms with van der Waals surface area (Å²) in [6, 6.07) is 19.4. The smallest absolute Gasteiger partial charge is 0.178 e. The van der Waals surface area contributed by atoms with Crippen molar-refractivity contribution < 1.29 is 19.3 Å². The Labute approximate surface area is 233 Å². The van der Waals surface area contributed by atoms with Crippen LogP contribution in [0.15, 0.2) is 60.7 Å². The lowest BCUT2D eigenvalue weighted by Crippen LogP contribution is -2.26. The van der Waals surface area contributed by atoms with Crippen molar-refractivity contribution in [1.82, 2.24) is 4.90 Å². The summed E-state index contributed by atoms with van der Waals surface area (Å²) in [6.07, 6.45) is 2.62. The number of aryl methyl sites for hydroxylation is 1. The molecule has 38 heavy (non-hydrogen) atoms. The van der Waals surface area contributed by atoms with Crippen LogP contribution in [-0.2, 0) is 6.42 Å². The van der Waals surface area contributed by atoms with Gasteiger partial charge in [0, 0.05) is 35.2 Å². The van der Waals surface area contributed by atoms with Gasteiger partial charge in [0.1, 0.15) is 11.9 Å². The summed E-state index contributed by atoms with van der Waals surface area (Å²) in [5.41, 5.74) is 6.81. The maximum Gasteiger partial charge on any atom is 0.178 e. The van der Waals surface area contributed by atoms with Crippen molar-refractivity contribution in [3.63, 3.8) is 0 Å². The molecule has 0 spiro atoms. The molecule has 0 radical (unpaired) electrons. The number of rotatable bonds is 8. The first kappa shape index (κ1) is 27.2. The molecule has 0 bridgehead atoms. The van der Waals surface area contributed by atoms with Gasteiger partial charge in [-0.15, -0.1) is 0 Å². The first-order valence-electron chi connectivity index (χ1n) is 13.2. The molecule has 1 aliphatic carbocycles. The van der Waals surface area contributed by atoms with E-state index in [4.69, 9.17) is 27.9 Å². The number of nitrogens with zero attached hydrogens (tertiary/aromatic N) is 1. The fourth-order valence-electron chi connectivity index (χ4n) is 5.57. The molecular weight excluding hydrogens is 524 g/mol. The molecule has 0 amide bonds. The number of halogens is 3. The van der Waals surface area contributed by atoms with E-state index in [2.05, 4.69) is 17.0 Å². The van der Waals surface area contributed by atoms with Gasteiger partial charge in [0.05, 0.1) is 6.67 Å². The topological polar surface area (TPSA) is 52.9 Å². The lowest BCUT2D eigenvalue weighted by molar-refractivity contribution is -0.0425. The summed E-state index contributed by atoms with van der Waals surface area (Å²) in [6.45, 7) is 2.24. The fourth-order valence-corrected chi connectivity index (χ4v) is 6.10. The van der Waals surface area contributed by atoms with Crippen LogP contribution in [0, 0.1) is 0 Å². The average molecular weight is 557 g/mol. The number of alkyl halides is 1. The standard InChI is InChI=1S/C31H32Cl2FNO3/c32-23-8-12-27(29(33)18-23)28-4-1-3-21-17-22(31(36)37)7-11-26(21)30(28)20-5-9-24(10-6-20)38-25-13-16-35(19-25)15-2-14-34/h5-12,17-18,25,31,36-37H,1-4,13-16,19H2/t25-/m0/s1. The van der Waals surface area contributed by atoms with E-state index in [0.29, 0.717) is 22.0 Å². The van der Waals surface area contributed by atoms with Crippen LogP contribution in [0.5, 0.6) is 5.75 Å². The Balaban J connectivity index is 1.51. The van der Waals surface area contributed by atoms with Crippen LogP contribution in [0.1, 0.15) is 59.8 Å². The van der Waals surface area contributed by atoms with E-state index >= 15 is 0 Å². The minimum absolute atomic E-state index is 0.102. The van der Waals surface area contributed by atoms with Crippen molar-refractivity contribution in [2.24, 2.45) is 0 Å². The molecule has 5 rings (SSSR count). The molecule has 0 unspecified atom stereocenters. The lowest BCUT2D eigenvalue weighted by Gasteiger charge is -2.19. The molecule has 200 valence electrons. The molecule has 3 aromatic carbocycles. The molecule has 1 aliphatic heterocycles. The highest BCUT2D eigenvalue weighted by Gasteiger charge is 2.25. The summed E-state index contributed by atoms with van der Waals surface area (Å²) in [5, 5.41) is 20.7. The second-order valence-electron chi connectivity index (χ2n) is 10.0. The monoisotopic (exact) mass is 555 g/mol. The predicted molar refractivity (Wildman–Crippen MR) is 151 cm³/mol. The molecule has 7 heteroatoms. The molecule has 4 nitrogen and oxygen atoms in total. The minimum Gasteiger partial charge on any atom is -0.489 e. The van der Waals surface area contributed by atoms with E-state index in [1.54, 1.807) is 12.1 Å². The highest BCUT2D eigenvalue weighted by atomic mass is 35.5. The van der Waals surface area contributed by atoms with Gasteiger partial charge in [0.25, 0.3) is 0 Å². The van der Waals surface area contributed by atoms with E-state index in [1.165, 1.54) is 0 Å². The second-order valence-corrected chi connectivity index (χ2v) is 10.9. The van der Waals surface area contributed by atoms with Crippen molar-refractivity contribution in [3.8, 4) is 5.75 Å². The zero-order valence-corrected chi connectivity index (χ0v) is 22.7. The Kier molecular flexibility index (Phi) is 8.71. The largest absolute Gasteiger partial charge is 0.489 e. The molecule has 1 heterocycles. The predicted octanol–water partition coefficient (Wildman–Crippen LogP) is 7.08. The number of benzene rings is 3. The third-order valence-corrected chi connectivity index (χ3v) is 7.96. The van der Waals surface area contributed by atoms with Crippen LogP contribution < -0.4 is 4.74 Å². The van der Waals surface area contributed by atoms with Crippen LogP contribution in [0.2, 0.25) is 10.0 Å². The van der Waals surface area contributed by atoms with Gasteiger partial charge in [-0.25, -0.2) is 0 Å². The molecule has 2 aliphatic rings. The second kappa shape index (κ2) is 12.2. The summed E-state index contributed by atoms with van der Waals surface area (Å²) in [5.74, 6) is 0.811. The van der Waals surface area contributed by atoms with Gasteiger partial charge >= 0.3 is 0 Å². The number of hydrogen-bond acceptors (Lipinski definition) is 4. The number of likely N-dealkylation sites (tertiary alicyclic amines) is 1. The van der Waals surface area contributed by atoms with Crippen molar-refractivity contribution in [3.05, 3.63) is 98.5 Å². The zero-order valence-electron chi connectivity index (χ0n) is 21.2. The molecule has 1 fully saturated rings. The van der Waals surface area contributed by atoms with Gasteiger partial charge in [-0.05, 0) is 89.8 Å². The summed E-state index contributed by atoms with van der Waals surface area (Å²) in [7, 11) is 0. The molecule has 0 aromatic heterocycles. The SMILES string of the molecule is OC(O)c1ccc2c(c1)CCCC(c1ccc(Cl)cc1Cl)=C2c1ccc(O[C@H]2CCN(CCCF)C2)cc1. The summed E-state index contributed by atoms with van der Waals surface area (Å²) >= 11 is 12.9. The molecule has 0 saturated carbocycles. The number of hydrogen-bond donors (Lipinski definition) is 2. The quantitative estimate of drug-likeness (QED) is 0.291. The Bertz CT molecular complexity index is 1310. The number of aliphatic hydroxyl groups excluding tert-OH is 1. The van der Waals surface area contributed by atoms with Crippen LogP contribution in [0.3, 0.4) is 0 Å². The number of ether oxygens (including phenoxy) is 1. The van der Waals surface area contributed by atoms with Gasteiger partial charge in [0.2, 0.25) is 0 Å². The zero-order chi connectivity index (χ0) is 26.6. The van der Waals surface area contributed by atoms with E-state index in [0.717, 1.165) is 84.5 Å². The molecule has 3 aromatic rings. The first-order chi connectivity index (χ1) is 18.4. The maximum absolute atomic E-state index is 12.5. The van der Waals surface area contributed by atoms with Crippen LogP contribution in [-0.4, -0.2) is 47.5 Å². The molecule has 2 N–H and O–H groups in total. The van der Waals surface area contributed by atoms with Crippen molar-refractivity contribution >= 4 is 34.3 Å². The fraction of sp³-hybridized carbons (Fsp3) is 0.355. The first-order valence-corrected chi connectivity index (χ1v) is 13.9. The third kappa shape index (κ3) is 6.08. The Morgan fingerprint density at radius 3 is 2.50 bits per heavy atom. The molecule has 1 saturated heterocycles. The number of allylic oxidation sites excluding steroid dienone is 1. The van der Waals surface area contributed by atoms with Gasteiger partial charge in [-0.2, -0.15) is 0 Å². The highest BCUT2D eigenvalue weighted by Crippen LogP contribution is 2.43. The number of aliphatic hydroxyl groups is 2. The molecule has 1 atom stereocenters. The van der Waals surface area contributed by atoms with E-state index in [1.807, 2.05) is 36.4 Å². The average Bonchev–Trinajstić information content (AvgIpc) is 3.26. The number of fused-ring (bicyclic) bond motifs is 1. The van der Waals surface area contributed by atoms with Crippen LogP contribution in [0.25, 0.3) is 11.1 Å². The normalized spacial score (nSPS) is 18.1. The Morgan fingerprint density at radius 2 is 1.76 bits per heavy atom. The van der Waals surface area contributed by atoms with Gasteiger partial charge in [-0.1, -0.05) is 59.6 Å². The van der Waals surface area contributed by atoms with Crippen LogP contribution in [0.4, 0.5) is 4.39 Å². The Hall–Kier alpha value is -2.41. The maximum atomic E-state index is 12.5. The van der Waals surface area contributed by atoms with Crippen molar-refractivity contribution in [2.45, 2.75) is 44.5 Å². The summed E-state index contributed by atoms with van der Waals surface area (Å²) in [4.78, 5) is 2.26.